The van der Waals surface area contributed by atoms with E-state index in [9.17, 15) is 4.79 Å². The summed E-state index contributed by atoms with van der Waals surface area (Å²) >= 11 is 0. The molecule has 2 rings (SSSR count). The summed E-state index contributed by atoms with van der Waals surface area (Å²) in [5.74, 6) is -0.300. The first-order valence-corrected chi connectivity index (χ1v) is 6.32. The first-order valence-electron chi connectivity index (χ1n) is 6.32. The fraction of sp³-hybridized carbons (Fsp3) is 0.462. The summed E-state index contributed by atoms with van der Waals surface area (Å²) in [6.45, 7) is 2.42. The number of carbonyl (C=O) groups is 1. The van der Waals surface area contributed by atoms with Crippen LogP contribution >= 0.6 is 0 Å². The third-order valence-corrected chi connectivity index (χ3v) is 3.17. The molecule has 0 bridgehead atoms. The number of nitrogens with one attached hydrogen (secondary N) is 1. The molecule has 102 valence electrons. The molecule has 2 aromatic rings. The van der Waals surface area contributed by atoms with Gasteiger partial charge in [-0.15, -0.1) is 0 Å². The predicted molar refractivity (Wildman–Crippen MR) is 73.0 cm³/mol. The molecule has 0 spiro atoms. The van der Waals surface area contributed by atoms with Gasteiger partial charge in [0.05, 0.1) is 17.8 Å². The van der Waals surface area contributed by atoms with Gasteiger partial charge in [-0.25, -0.2) is 9.97 Å². The van der Waals surface area contributed by atoms with Gasteiger partial charge in [-0.2, -0.15) is 0 Å². The minimum absolute atomic E-state index is 0.305. The molecule has 0 radical (unpaired) electrons. The lowest BCUT2D eigenvalue weighted by Gasteiger charge is -2.08. The van der Waals surface area contributed by atoms with Crippen LogP contribution in [-0.2, 0) is 11.8 Å². The number of imidazole rings is 1. The van der Waals surface area contributed by atoms with E-state index in [1.165, 1.54) is 0 Å². The number of hydrogen-bond donors (Lipinski definition) is 2. The second-order valence-corrected chi connectivity index (χ2v) is 4.69. The lowest BCUT2D eigenvalue weighted by Crippen LogP contribution is -2.12. The van der Waals surface area contributed by atoms with Gasteiger partial charge in [0.1, 0.15) is 5.52 Å². The number of fused-ring (bicyclic) bond motifs is 1. The lowest BCUT2D eigenvalue weighted by molar-refractivity contribution is -0.141. The normalized spacial score (nSPS) is 12.5. The maximum atomic E-state index is 10.7. The topological polar surface area (TPSA) is 80.0 Å². The number of hydrogen-bond acceptors (Lipinski definition) is 4. The van der Waals surface area contributed by atoms with Gasteiger partial charge >= 0.3 is 5.97 Å². The summed E-state index contributed by atoms with van der Waals surface area (Å²) in [5, 5.41) is 12.0. The van der Waals surface area contributed by atoms with Crippen molar-refractivity contribution >= 4 is 22.8 Å². The van der Waals surface area contributed by atoms with Crippen molar-refractivity contribution in [3.63, 3.8) is 0 Å². The second-order valence-electron chi connectivity index (χ2n) is 4.69. The SMILES string of the molecule is CC(CCCNc1nccc2c1ncn2C)C(=O)O. The number of rotatable bonds is 6. The van der Waals surface area contributed by atoms with Crippen LogP contribution in [0.25, 0.3) is 11.0 Å². The van der Waals surface area contributed by atoms with Crippen LogP contribution < -0.4 is 5.32 Å². The Morgan fingerprint density at radius 2 is 2.32 bits per heavy atom. The van der Waals surface area contributed by atoms with Crippen molar-refractivity contribution in [1.29, 1.82) is 0 Å². The number of aryl methyl sites for hydroxylation is 1. The monoisotopic (exact) mass is 262 g/mol. The molecule has 6 nitrogen and oxygen atoms in total. The van der Waals surface area contributed by atoms with E-state index in [4.69, 9.17) is 5.11 Å². The van der Waals surface area contributed by atoms with Gasteiger partial charge in [0.15, 0.2) is 5.82 Å². The van der Waals surface area contributed by atoms with Gasteiger partial charge in [-0.05, 0) is 18.9 Å². The molecule has 1 atom stereocenters. The third-order valence-electron chi connectivity index (χ3n) is 3.17. The van der Waals surface area contributed by atoms with Crippen molar-refractivity contribution in [1.82, 2.24) is 14.5 Å². The minimum atomic E-state index is -0.745. The maximum absolute atomic E-state index is 10.7. The molecular formula is C13H18N4O2. The van der Waals surface area contributed by atoms with Crippen molar-refractivity contribution < 1.29 is 9.90 Å². The number of carboxylic acid groups (broad SMARTS) is 1. The van der Waals surface area contributed by atoms with Crippen molar-refractivity contribution in [2.45, 2.75) is 19.8 Å². The van der Waals surface area contributed by atoms with Crippen LogP contribution in [0.3, 0.4) is 0 Å². The summed E-state index contributed by atoms with van der Waals surface area (Å²) in [5.41, 5.74) is 1.87. The zero-order valence-electron chi connectivity index (χ0n) is 11.1. The van der Waals surface area contributed by atoms with Crippen LogP contribution in [0.2, 0.25) is 0 Å². The third kappa shape index (κ3) is 3.01. The Morgan fingerprint density at radius 3 is 3.05 bits per heavy atom. The minimum Gasteiger partial charge on any atom is -0.481 e. The van der Waals surface area contributed by atoms with Gasteiger partial charge in [-0.1, -0.05) is 6.92 Å². The highest BCUT2D eigenvalue weighted by molar-refractivity contribution is 5.85. The summed E-state index contributed by atoms with van der Waals surface area (Å²) < 4.78 is 1.94. The largest absolute Gasteiger partial charge is 0.481 e. The zero-order chi connectivity index (χ0) is 13.8. The van der Waals surface area contributed by atoms with Crippen molar-refractivity contribution in [2.75, 3.05) is 11.9 Å². The molecule has 0 aliphatic carbocycles. The van der Waals surface area contributed by atoms with Gasteiger partial charge < -0.3 is 15.0 Å². The predicted octanol–water partition coefficient (Wildman–Crippen LogP) is 1.88. The fourth-order valence-corrected chi connectivity index (χ4v) is 1.93. The van der Waals surface area contributed by atoms with E-state index < -0.39 is 5.97 Å². The summed E-state index contributed by atoms with van der Waals surface area (Å²) in [6, 6.07) is 1.92. The highest BCUT2D eigenvalue weighted by Gasteiger charge is 2.10. The number of aliphatic carboxylic acids is 1. The Balaban J connectivity index is 1.93. The molecule has 0 saturated heterocycles. The second kappa shape index (κ2) is 5.69. The highest BCUT2D eigenvalue weighted by Crippen LogP contribution is 2.18. The Labute approximate surface area is 111 Å². The Bertz CT molecular complexity index is 579. The number of aromatic nitrogens is 3. The zero-order valence-corrected chi connectivity index (χ0v) is 11.1. The van der Waals surface area contributed by atoms with Crippen molar-refractivity contribution in [3.05, 3.63) is 18.6 Å². The van der Waals surface area contributed by atoms with Gasteiger partial charge in [0.2, 0.25) is 0 Å². The van der Waals surface area contributed by atoms with E-state index in [0.29, 0.717) is 13.0 Å². The fourth-order valence-electron chi connectivity index (χ4n) is 1.93. The molecule has 1 unspecified atom stereocenters. The molecule has 2 N–H and O–H groups in total. The Morgan fingerprint density at radius 1 is 1.53 bits per heavy atom. The van der Waals surface area contributed by atoms with Crippen LogP contribution in [0, 0.1) is 5.92 Å². The highest BCUT2D eigenvalue weighted by atomic mass is 16.4. The Kier molecular flexibility index (Phi) is 3.99. The molecule has 0 aliphatic rings. The van der Waals surface area contributed by atoms with E-state index in [0.717, 1.165) is 23.3 Å². The van der Waals surface area contributed by atoms with Crippen molar-refractivity contribution in [2.24, 2.45) is 13.0 Å². The van der Waals surface area contributed by atoms with Gasteiger partial charge in [0.25, 0.3) is 0 Å². The summed E-state index contributed by atoms with van der Waals surface area (Å²) in [6.07, 6.45) is 4.94. The molecule has 0 aliphatic heterocycles. The lowest BCUT2D eigenvalue weighted by atomic mass is 10.1. The van der Waals surface area contributed by atoms with Crippen LogP contribution in [-0.4, -0.2) is 32.2 Å². The molecule has 0 saturated carbocycles. The molecule has 6 heteroatoms. The number of carboxylic acids is 1. The molecule has 0 aromatic carbocycles. The van der Waals surface area contributed by atoms with Crippen LogP contribution in [0.4, 0.5) is 5.82 Å². The van der Waals surface area contributed by atoms with E-state index in [1.54, 1.807) is 19.4 Å². The van der Waals surface area contributed by atoms with Gasteiger partial charge in [-0.3, -0.25) is 4.79 Å². The first kappa shape index (κ1) is 13.3. The van der Waals surface area contributed by atoms with E-state index in [1.807, 2.05) is 17.7 Å². The van der Waals surface area contributed by atoms with Crippen LogP contribution in [0.1, 0.15) is 19.8 Å². The number of pyridine rings is 1. The molecule has 2 heterocycles. The molecule has 0 fully saturated rings. The molecule has 2 aromatic heterocycles. The van der Waals surface area contributed by atoms with E-state index >= 15 is 0 Å². The first-order chi connectivity index (χ1) is 9.09. The van der Waals surface area contributed by atoms with Crippen LogP contribution in [0.15, 0.2) is 18.6 Å². The number of anilines is 1. The average molecular weight is 262 g/mol. The maximum Gasteiger partial charge on any atom is 0.306 e. The van der Waals surface area contributed by atoms with E-state index in [2.05, 4.69) is 15.3 Å². The molecular weight excluding hydrogens is 244 g/mol. The molecule has 0 amide bonds. The quantitative estimate of drug-likeness (QED) is 0.777. The number of nitrogens with zero attached hydrogens (tertiary/aromatic N) is 3. The van der Waals surface area contributed by atoms with E-state index in [-0.39, 0.29) is 5.92 Å². The van der Waals surface area contributed by atoms with Crippen LogP contribution in [0.5, 0.6) is 0 Å². The summed E-state index contributed by atoms with van der Waals surface area (Å²) in [7, 11) is 1.94. The molecule has 19 heavy (non-hydrogen) atoms. The summed E-state index contributed by atoms with van der Waals surface area (Å²) in [4.78, 5) is 19.3. The average Bonchev–Trinajstić information content (AvgIpc) is 2.77. The Hall–Kier alpha value is -2.11. The van der Waals surface area contributed by atoms with Crippen molar-refractivity contribution in [3.8, 4) is 0 Å². The smallest absolute Gasteiger partial charge is 0.306 e. The van der Waals surface area contributed by atoms with Gasteiger partial charge in [0, 0.05) is 19.8 Å². The standard InChI is InChI=1S/C13H18N4O2/c1-9(13(18)19)4-3-6-14-12-11-10(5-7-15-12)17(2)8-16-11/h5,7-9H,3-4,6H2,1-2H3,(H,14,15)(H,18,19).